The standard InChI is InChI=1S/C34H33FN2O6/c1-42-30-16-13-23(21-31(30)43-2)17-19-37(20-18-32(38)39)34(41)29-10-6-4-8-27(29)26-7-3-5-9-28(26)33(40)36-22-24-11-14-25(35)15-12-24/h3-16,21H,17-20,22H2,1-2H3,(H,36,40)(H,38,39). The summed E-state index contributed by atoms with van der Waals surface area (Å²) >= 11 is 0. The minimum atomic E-state index is -1.01. The number of amides is 2. The zero-order valence-electron chi connectivity index (χ0n) is 24.0. The van der Waals surface area contributed by atoms with Gasteiger partial charge in [-0.05, 0) is 65.1 Å². The number of carbonyl (C=O) groups is 3. The number of carboxylic acids is 1. The third-order valence-corrected chi connectivity index (χ3v) is 6.99. The maximum absolute atomic E-state index is 14.0. The number of carboxylic acid groups (broad SMARTS) is 1. The average molecular weight is 585 g/mol. The summed E-state index contributed by atoms with van der Waals surface area (Å²) in [5, 5.41) is 12.2. The molecule has 0 saturated carbocycles. The number of aliphatic carboxylic acids is 1. The van der Waals surface area contributed by atoms with Crippen molar-refractivity contribution in [2.75, 3.05) is 27.3 Å². The monoisotopic (exact) mass is 584 g/mol. The predicted molar refractivity (Wildman–Crippen MR) is 161 cm³/mol. The predicted octanol–water partition coefficient (Wildman–Crippen LogP) is 5.60. The Morgan fingerprint density at radius 1 is 0.767 bits per heavy atom. The van der Waals surface area contributed by atoms with E-state index in [1.807, 2.05) is 12.1 Å². The lowest BCUT2D eigenvalue weighted by molar-refractivity contribution is -0.137. The molecular formula is C34H33FN2O6. The molecule has 0 bridgehead atoms. The lowest BCUT2D eigenvalue weighted by atomic mass is 9.94. The highest BCUT2D eigenvalue weighted by Gasteiger charge is 2.23. The van der Waals surface area contributed by atoms with Crippen molar-refractivity contribution in [2.45, 2.75) is 19.4 Å². The molecule has 0 unspecified atom stereocenters. The van der Waals surface area contributed by atoms with E-state index in [-0.39, 0.29) is 43.7 Å². The van der Waals surface area contributed by atoms with Crippen LogP contribution in [0.3, 0.4) is 0 Å². The minimum absolute atomic E-state index is 0.00952. The Morgan fingerprint density at radius 2 is 1.37 bits per heavy atom. The number of nitrogens with one attached hydrogen (secondary N) is 1. The van der Waals surface area contributed by atoms with Crippen molar-refractivity contribution < 1.29 is 33.4 Å². The van der Waals surface area contributed by atoms with Crippen molar-refractivity contribution in [2.24, 2.45) is 0 Å². The summed E-state index contributed by atoms with van der Waals surface area (Å²) in [6.07, 6.45) is 0.235. The summed E-state index contributed by atoms with van der Waals surface area (Å²) in [7, 11) is 3.09. The second-order valence-electron chi connectivity index (χ2n) is 9.78. The van der Waals surface area contributed by atoms with E-state index in [4.69, 9.17) is 9.47 Å². The summed E-state index contributed by atoms with van der Waals surface area (Å²) in [6, 6.07) is 25.3. The lowest BCUT2D eigenvalue weighted by Crippen LogP contribution is -2.35. The Balaban J connectivity index is 1.60. The van der Waals surface area contributed by atoms with Gasteiger partial charge in [0.2, 0.25) is 0 Å². The first-order valence-electron chi connectivity index (χ1n) is 13.7. The number of halogens is 1. The van der Waals surface area contributed by atoms with Crippen LogP contribution in [-0.2, 0) is 17.8 Å². The van der Waals surface area contributed by atoms with Gasteiger partial charge in [-0.2, -0.15) is 0 Å². The van der Waals surface area contributed by atoms with Crippen LogP contribution >= 0.6 is 0 Å². The highest BCUT2D eigenvalue weighted by molar-refractivity contribution is 6.06. The van der Waals surface area contributed by atoms with E-state index >= 15 is 0 Å². The summed E-state index contributed by atoms with van der Waals surface area (Å²) in [5.74, 6) is -0.928. The maximum Gasteiger partial charge on any atom is 0.305 e. The van der Waals surface area contributed by atoms with Gasteiger partial charge < -0.3 is 24.8 Å². The fourth-order valence-electron chi connectivity index (χ4n) is 4.72. The maximum atomic E-state index is 14.0. The quantitative estimate of drug-likeness (QED) is 0.212. The molecule has 0 heterocycles. The number of ether oxygens (including phenoxy) is 2. The molecule has 0 atom stereocenters. The number of carbonyl (C=O) groups excluding carboxylic acids is 2. The van der Waals surface area contributed by atoms with Crippen LogP contribution in [0, 0.1) is 5.82 Å². The molecule has 9 heteroatoms. The molecule has 0 saturated heterocycles. The Kier molecular flexibility index (Phi) is 10.5. The second kappa shape index (κ2) is 14.6. The molecule has 0 fully saturated rings. The van der Waals surface area contributed by atoms with Gasteiger partial charge in [0, 0.05) is 30.8 Å². The van der Waals surface area contributed by atoms with Crippen LogP contribution in [0.4, 0.5) is 4.39 Å². The first-order chi connectivity index (χ1) is 20.8. The van der Waals surface area contributed by atoms with Gasteiger partial charge in [-0.3, -0.25) is 14.4 Å². The fourth-order valence-corrected chi connectivity index (χ4v) is 4.72. The molecule has 0 aliphatic rings. The number of benzene rings is 4. The Morgan fingerprint density at radius 3 is 2.02 bits per heavy atom. The first kappa shape index (κ1) is 30.8. The number of methoxy groups -OCH3 is 2. The number of rotatable bonds is 13. The van der Waals surface area contributed by atoms with Crippen LogP contribution in [0.15, 0.2) is 91.0 Å². The van der Waals surface area contributed by atoms with Crippen LogP contribution in [0.25, 0.3) is 11.1 Å². The van der Waals surface area contributed by atoms with Crippen LogP contribution in [0.5, 0.6) is 11.5 Å². The Labute approximate surface area is 249 Å². The minimum Gasteiger partial charge on any atom is -0.493 e. The van der Waals surface area contributed by atoms with Gasteiger partial charge >= 0.3 is 5.97 Å². The second-order valence-corrected chi connectivity index (χ2v) is 9.78. The third-order valence-electron chi connectivity index (χ3n) is 6.99. The van der Waals surface area contributed by atoms with E-state index in [1.165, 1.54) is 17.0 Å². The molecule has 4 rings (SSSR count). The summed E-state index contributed by atoms with van der Waals surface area (Å²) in [5.41, 5.74) is 3.45. The first-order valence-corrected chi connectivity index (χ1v) is 13.7. The van der Waals surface area contributed by atoms with Crippen LogP contribution in [0.1, 0.15) is 38.3 Å². The van der Waals surface area contributed by atoms with Gasteiger partial charge in [-0.25, -0.2) is 4.39 Å². The van der Waals surface area contributed by atoms with Gasteiger partial charge in [-0.1, -0.05) is 54.6 Å². The topological polar surface area (TPSA) is 105 Å². The molecule has 43 heavy (non-hydrogen) atoms. The van der Waals surface area contributed by atoms with Crippen molar-refractivity contribution >= 4 is 17.8 Å². The highest BCUT2D eigenvalue weighted by atomic mass is 19.1. The largest absolute Gasteiger partial charge is 0.493 e. The highest BCUT2D eigenvalue weighted by Crippen LogP contribution is 2.30. The van der Waals surface area contributed by atoms with Crippen LogP contribution in [0.2, 0.25) is 0 Å². The number of hydrogen-bond donors (Lipinski definition) is 2. The zero-order chi connectivity index (χ0) is 30.8. The third kappa shape index (κ3) is 7.97. The smallest absolute Gasteiger partial charge is 0.305 e. The van der Waals surface area contributed by atoms with Crippen LogP contribution in [-0.4, -0.2) is 55.1 Å². The van der Waals surface area contributed by atoms with Crippen molar-refractivity contribution in [3.05, 3.63) is 119 Å². The van der Waals surface area contributed by atoms with E-state index in [9.17, 15) is 23.9 Å². The summed E-state index contributed by atoms with van der Waals surface area (Å²) < 4.78 is 24.0. The molecule has 4 aromatic rings. The van der Waals surface area contributed by atoms with Gasteiger partial charge in [-0.15, -0.1) is 0 Å². The molecule has 0 aliphatic heterocycles. The fraction of sp³-hybridized carbons (Fsp3) is 0.206. The van der Waals surface area contributed by atoms with E-state index in [2.05, 4.69) is 5.32 Å². The molecule has 0 aliphatic carbocycles. The molecule has 0 radical (unpaired) electrons. The molecule has 4 aromatic carbocycles. The van der Waals surface area contributed by atoms with Crippen molar-refractivity contribution in [1.82, 2.24) is 10.2 Å². The van der Waals surface area contributed by atoms with Gasteiger partial charge in [0.1, 0.15) is 5.82 Å². The summed E-state index contributed by atoms with van der Waals surface area (Å²) in [6.45, 7) is 0.471. The summed E-state index contributed by atoms with van der Waals surface area (Å²) in [4.78, 5) is 40.2. The Bertz CT molecular complexity index is 1590. The van der Waals surface area contributed by atoms with E-state index in [0.717, 1.165) is 11.1 Å². The van der Waals surface area contributed by atoms with Gasteiger partial charge in [0.05, 0.1) is 20.6 Å². The molecule has 8 nitrogen and oxygen atoms in total. The molecule has 0 aromatic heterocycles. The average Bonchev–Trinajstić information content (AvgIpc) is 3.03. The number of nitrogens with zero attached hydrogens (tertiary/aromatic N) is 1. The molecular weight excluding hydrogens is 551 g/mol. The molecule has 222 valence electrons. The van der Waals surface area contributed by atoms with Crippen molar-refractivity contribution in [1.29, 1.82) is 0 Å². The van der Waals surface area contributed by atoms with Crippen molar-refractivity contribution in [3.63, 3.8) is 0 Å². The van der Waals surface area contributed by atoms with Gasteiger partial charge in [0.25, 0.3) is 11.8 Å². The number of hydrogen-bond acceptors (Lipinski definition) is 5. The van der Waals surface area contributed by atoms with Crippen molar-refractivity contribution in [3.8, 4) is 22.6 Å². The molecule has 2 amide bonds. The van der Waals surface area contributed by atoms with E-state index in [0.29, 0.717) is 40.2 Å². The Hall–Kier alpha value is -5.18. The van der Waals surface area contributed by atoms with Gasteiger partial charge in [0.15, 0.2) is 11.5 Å². The SMILES string of the molecule is COc1ccc(CCN(CCC(=O)O)C(=O)c2ccccc2-c2ccccc2C(=O)NCc2ccc(F)cc2)cc1OC. The van der Waals surface area contributed by atoms with Crippen LogP contribution < -0.4 is 14.8 Å². The van der Waals surface area contributed by atoms with E-state index in [1.54, 1.807) is 80.9 Å². The molecule has 2 N–H and O–H groups in total. The van der Waals surface area contributed by atoms with E-state index < -0.39 is 5.97 Å². The molecule has 0 spiro atoms. The lowest BCUT2D eigenvalue weighted by Gasteiger charge is -2.24. The normalized spacial score (nSPS) is 10.6. The zero-order valence-corrected chi connectivity index (χ0v) is 24.0.